The molecule has 2 rings (SSSR count). The van der Waals surface area contributed by atoms with Crippen molar-refractivity contribution in [1.82, 2.24) is 0 Å². The minimum absolute atomic E-state index is 0.161. The van der Waals surface area contributed by atoms with Crippen LogP contribution >= 0.6 is 0 Å². The molecule has 2 aliphatic carbocycles. The summed E-state index contributed by atoms with van der Waals surface area (Å²) >= 11 is 0. The molecule has 0 aromatic rings. The lowest BCUT2D eigenvalue weighted by molar-refractivity contribution is -0.141. The Morgan fingerprint density at radius 1 is 1.58 bits per heavy atom. The summed E-state index contributed by atoms with van der Waals surface area (Å²) in [5.74, 6) is 0.505. The average molecular weight is 169 g/mol. The summed E-state index contributed by atoms with van der Waals surface area (Å²) in [6.45, 7) is 0. The number of rotatable bonds is 2. The monoisotopic (exact) mass is 169 g/mol. The third kappa shape index (κ3) is 1.04. The molecular formula is C9H15NO2. The molecule has 0 aromatic carbocycles. The zero-order chi connectivity index (χ0) is 8.77. The summed E-state index contributed by atoms with van der Waals surface area (Å²) in [6.07, 6.45) is 4.75. The summed E-state index contributed by atoms with van der Waals surface area (Å²) in [4.78, 5) is 10.5. The molecule has 0 aliphatic heterocycles. The van der Waals surface area contributed by atoms with Crippen molar-refractivity contribution in [2.45, 2.75) is 37.6 Å². The third-order valence-corrected chi connectivity index (χ3v) is 3.52. The maximum Gasteiger partial charge on any atom is 0.305 e. The minimum atomic E-state index is -0.747. The first-order valence-corrected chi connectivity index (χ1v) is 4.62. The minimum Gasteiger partial charge on any atom is -0.481 e. The van der Waals surface area contributed by atoms with Gasteiger partial charge in [0.15, 0.2) is 0 Å². The molecular weight excluding hydrogens is 154 g/mol. The molecule has 2 aliphatic rings. The van der Waals surface area contributed by atoms with Gasteiger partial charge in [-0.2, -0.15) is 0 Å². The summed E-state index contributed by atoms with van der Waals surface area (Å²) < 4.78 is 0. The van der Waals surface area contributed by atoms with Gasteiger partial charge in [-0.25, -0.2) is 0 Å². The molecule has 3 unspecified atom stereocenters. The van der Waals surface area contributed by atoms with Crippen LogP contribution in [0.15, 0.2) is 0 Å². The number of fused-ring (bicyclic) bond motifs is 1. The molecule has 12 heavy (non-hydrogen) atoms. The van der Waals surface area contributed by atoms with E-state index in [1.165, 1.54) is 12.8 Å². The third-order valence-electron chi connectivity index (χ3n) is 3.52. The highest BCUT2D eigenvalue weighted by Crippen LogP contribution is 2.53. The molecule has 0 amide bonds. The SMILES string of the molecule is NC1(CC(=O)O)CC2CCCC21. The Morgan fingerprint density at radius 3 is 2.92 bits per heavy atom. The van der Waals surface area contributed by atoms with Crippen molar-refractivity contribution in [1.29, 1.82) is 0 Å². The fraction of sp³-hybridized carbons (Fsp3) is 0.889. The van der Waals surface area contributed by atoms with Crippen LogP contribution in [-0.2, 0) is 4.79 Å². The standard InChI is InChI=1S/C9H15NO2/c10-9(5-8(11)12)4-6-2-1-3-7(6)9/h6-7H,1-5,10H2,(H,11,12). The van der Waals surface area contributed by atoms with Gasteiger partial charge in [-0.05, 0) is 24.7 Å². The maximum absolute atomic E-state index is 10.5. The molecule has 2 fully saturated rings. The number of carbonyl (C=O) groups is 1. The van der Waals surface area contributed by atoms with Gasteiger partial charge in [0.25, 0.3) is 0 Å². The van der Waals surface area contributed by atoms with Crippen LogP contribution in [0, 0.1) is 11.8 Å². The fourth-order valence-corrected chi connectivity index (χ4v) is 3.00. The topological polar surface area (TPSA) is 63.3 Å². The second-order valence-corrected chi connectivity index (χ2v) is 4.31. The fourth-order valence-electron chi connectivity index (χ4n) is 3.00. The van der Waals surface area contributed by atoms with Crippen molar-refractivity contribution >= 4 is 5.97 Å². The molecule has 3 atom stereocenters. The predicted molar refractivity (Wildman–Crippen MR) is 44.6 cm³/mol. The van der Waals surface area contributed by atoms with E-state index < -0.39 is 5.97 Å². The highest BCUT2D eigenvalue weighted by atomic mass is 16.4. The summed E-state index contributed by atoms with van der Waals surface area (Å²) in [5, 5.41) is 8.65. The molecule has 0 aromatic heterocycles. The average Bonchev–Trinajstić information content (AvgIpc) is 2.29. The lowest BCUT2D eigenvalue weighted by Crippen LogP contribution is -2.59. The molecule has 3 heteroatoms. The first-order valence-electron chi connectivity index (χ1n) is 4.62. The number of nitrogens with two attached hydrogens (primary N) is 1. The summed E-state index contributed by atoms with van der Waals surface area (Å²) in [6, 6.07) is 0. The smallest absolute Gasteiger partial charge is 0.305 e. The number of hydrogen-bond acceptors (Lipinski definition) is 2. The van der Waals surface area contributed by atoms with Crippen molar-refractivity contribution in [3.8, 4) is 0 Å². The lowest BCUT2D eigenvalue weighted by Gasteiger charge is -2.49. The van der Waals surface area contributed by atoms with Gasteiger partial charge in [-0.1, -0.05) is 12.8 Å². The Kier molecular flexibility index (Phi) is 1.65. The van der Waals surface area contributed by atoms with Crippen LogP contribution in [0.25, 0.3) is 0 Å². The van der Waals surface area contributed by atoms with E-state index >= 15 is 0 Å². The highest BCUT2D eigenvalue weighted by molar-refractivity contribution is 5.68. The van der Waals surface area contributed by atoms with Gasteiger partial charge in [-0.15, -0.1) is 0 Å². The van der Waals surface area contributed by atoms with Gasteiger partial charge >= 0.3 is 5.97 Å². The van der Waals surface area contributed by atoms with Crippen molar-refractivity contribution in [2.24, 2.45) is 17.6 Å². The van der Waals surface area contributed by atoms with E-state index in [1.807, 2.05) is 0 Å². The normalized spacial score (nSPS) is 45.1. The predicted octanol–water partition coefficient (Wildman–Crippen LogP) is 0.979. The van der Waals surface area contributed by atoms with E-state index in [4.69, 9.17) is 10.8 Å². The highest BCUT2D eigenvalue weighted by Gasteiger charge is 2.53. The number of carboxylic acids is 1. The lowest BCUT2D eigenvalue weighted by atomic mass is 9.60. The maximum atomic E-state index is 10.5. The van der Waals surface area contributed by atoms with Crippen LogP contribution in [0.1, 0.15) is 32.1 Å². The molecule has 68 valence electrons. The molecule has 3 nitrogen and oxygen atoms in total. The number of hydrogen-bond donors (Lipinski definition) is 2. The molecule has 0 saturated heterocycles. The van der Waals surface area contributed by atoms with Gasteiger partial charge < -0.3 is 10.8 Å². The molecule has 2 saturated carbocycles. The zero-order valence-corrected chi connectivity index (χ0v) is 7.12. The van der Waals surface area contributed by atoms with Crippen molar-refractivity contribution in [3.63, 3.8) is 0 Å². The van der Waals surface area contributed by atoms with E-state index in [9.17, 15) is 4.79 Å². The van der Waals surface area contributed by atoms with E-state index in [0.29, 0.717) is 5.92 Å². The van der Waals surface area contributed by atoms with Crippen molar-refractivity contribution < 1.29 is 9.90 Å². The Bertz CT molecular complexity index is 217. The van der Waals surface area contributed by atoms with Crippen molar-refractivity contribution in [2.75, 3.05) is 0 Å². The van der Waals surface area contributed by atoms with Crippen LogP contribution in [0.3, 0.4) is 0 Å². The largest absolute Gasteiger partial charge is 0.481 e. The number of aliphatic carboxylic acids is 1. The van der Waals surface area contributed by atoms with Gasteiger partial charge in [0.1, 0.15) is 0 Å². The van der Waals surface area contributed by atoms with E-state index in [1.54, 1.807) is 0 Å². The summed E-state index contributed by atoms with van der Waals surface area (Å²) in [7, 11) is 0. The van der Waals surface area contributed by atoms with E-state index in [2.05, 4.69) is 0 Å². The molecule has 3 N–H and O–H groups in total. The second kappa shape index (κ2) is 2.46. The Labute approximate surface area is 71.9 Å². The number of carboxylic acid groups (broad SMARTS) is 1. The first-order chi connectivity index (χ1) is 5.62. The van der Waals surface area contributed by atoms with E-state index in [-0.39, 0.29) is 12.0 Å². The Morgan fingerprint density at radius 2 is 2.33 bits per heavy atom. The van der Waals surface area contributed by atoms with Gasteiger partial charge in [0, 0.05) is 5.54 Å². The van der Waals surface area contributed by atoms with Crippen LogP contribution in [0.4, 0.5) is 0 Å². The second-order valence-electron chi connectivity index (χ2n) is 4.31. The van der Waals surface area contributed by atoms with Gasteiger partial charge in [0.2, 0.25) is 0 Å². The Balaban J connectivity index is 2.00. The van der Waals surface area contributed by atoms with Gasteiger partial charge in [0.05, 0.1) is 6.42 Å². The Hall–Kier alpha value is -0.570. The zero-order valence-electron chi connectivity index (χ0n) is 7.12. The van der Waals surface area contributed by atoms with E-state index in [0.717, 1.165) is 18.8 Å². The molecule has 0 heterocycles. The van der Waals surface area contributed by atoms with Crippen LogP contribution in [0.5, 0.6) is 0 Å². The quantitative estimate of drug-likeness (QED) is 0.647. The first kappa shape index (κ1) is 8.05. The molecule has 0 radical (unpaired) electrons. The van der Waals surface area contributed by atoms with Crippen LogP contribution < -0.4 is 5.73 Å². The van der Waals surface area contributed by atoms with Crippen LogP contribution in [-0.4, -0.2) is 16.6 Å². The van der Waals surface area contributed by atoms with Crippen molar-refractivity contribution in [3.05, 3.63) is 0 Å². The van der Waals surface area contributed by atoms with Gasteiger partial charge in [-0.3, -0.25) is 4.79 Å². The summed E-state index contributed by atoms with van der Waals surface area (Å²) in [5.41, 5.74) is 5.65. The van der Waals surface area contributed by atoms with Crippen LogP contribution in [0.2, 0.25) is 0 Å². The molecule has 0 bridgehead atoms. The molecule has 0 spiro atoms.